The van der Waals surface area contributed by atoms with Crippen LogP contribution in [0.5, 0.6) is 0 Å². The molecule has 1 aliphatic rings. The van der Waals surface area contributed by atoms with Crippen molar-refractivity contribution in [1.82, 2.24) is 5.43 Å². The first kappa shape index (κ1) is 13.6. The predicted molar refractivity (Wildman–Crippen MR) is 79.8 cm³/mol. The van der Waals surface area contributed by atoms with Crippen molar-refractivity contribution in [3.8, 4) is 0 Å². The summed E-state index contributed by atoms with van der Waals surface area (Å²) in [7, 11) is 0. The summed E-state index contributed by atoms with van der Waals surface area (Å²) in [6, 6.07) is 5.90. The third-order valence-electron chi connectivity index (χ3n) is 2.96. The Kier molecular flexibility index (Phi) is 4.86. The summed E-state index contributed by atoms with van der Waals surface area (Å²) in [4.78, 5) is 4.57. The number of nitrogens with zero attached hydrogens (tertiary/aromatic N) is 1. The number of hydrazine groups is 1. The Morgan fingerprint density at radius 1 is 1.39 bits per heavy atom. The molecule has 0 aliphatic heterocycles. The lowest BCUT2D eigenvalue weighted by Crippen LogP contribution is -2.37. The topological polar surface area (TPSA) is 62.4 Å². The highest BCUT2D eigenvalue weighted by atomic mass is 79.9. The van der Waals surface area contributed by atoms with Crippen LogP contribution in [0.1, 0.15) is 25.7 Å². The van der Waals surface area contributed by atoms with Gasteiger partial charge in [0.05, 0.1) is 11.7 Å². The Morgan fingerprint density at radius 2 is 2.11 bits per heavy atom. The van der Waals surface area contributed by atoms with Crippen LogP contribution in [0.2, 0.25) is 5.02 Å². The van der Waals surface area contributed by atoms with E-state index >= 15 is 0 Å². The molecule has 0 bridgehead atoms. The van der Waals surface area contributed by atoms with Crippen LogP contribution in [-0.2, 0) is 0 Å². The van der Waals surface area contributed by atoms with Crippen molar-refractivity contribution in [2.45, 2.75) is 31.7 Å². The molecule has 0 aromatic heterocycles. The molecule has 2 rings (SSSR count). The zero-order valence-corrected chi connectivity index (χ0v) is 12.3. The molecule has 0 unspecified atom stereocenters. The van der Waals surface area contributed by atoms with E-state index in [2.05, 4.69) is 31.7 Å². The second-order valence-electron chi connectivity index (χ2n) is 4.31. The molecule has 18 heavy (non-hydrogen) atoms. The lowest BCUT2D eigenvalue weighted by atomic mass is 10.3. The molecule has 0 saturated heterocycles. The van der Waals surface area contributed by atoms with Gasteiger partial charge in [0.15, 0.2) is 0 Å². The standard InChI is InChI=1S/C12H16BrClN4/c13-10-7-8(14)5-6-11(10)17-12(18-15)16-9-3-1-2-4-9/h5-7,9H,1-4,15H2,(H2,16,17,18). The van der Waals surface area contributed by atoms with Gasteiger partial charge in [-0.2, -0.15) is 0 Å². The van der Waals surface area contributed by atoms with Gasteiger partial charge in [-0.25, -0.2) is 10.8 Å². The maximum atomic E-state index is 5.90. The molecular weight excluding hydrogens is 316 g/mol. The maximum absolute atomic E-state index is 5.90. The van der Waals surface area contributed by atoms with Gasteiger partial charge >= 0.3 is 0 Å². The molecule has 98 valence electrons. The van der Waals surface area contributed by atoms with Gasteiger partial charge in [-0.1, -0.05) is 24.4 Å². The molecule has 1 aliphatic carbocycles. The van der Waals surface area contributed by atoms with Gasteiger partial charge in [0.25, 0.3) is 0 Å². The van der Waals surface area contributed by atoms with Crippen LogP contribution in [0.3, 0.4) is 0 Å². The van der Waals surface area contributed by atoms with E-state index in [0.29, 0.717) is 17.0 Å². The Balaban J connectivity index is 2.09. The highest BCUT2D eigenvalue weighted by Gasteiger charge is 2.14. The average molecular weight is 332 g/mol. The molecule has 6 heteroatoms. The number of aliphatic imine (C=N–C) groups is 1. The number of guanidine groups is 1. The maximum Gasteiger partial charge on any atom is 0.210 e. The second-order valence-corrected chi connectivity index (χ2v) is 5.60. The zero-order valence-electron chi connectivity index (χ0n) is 9.92. The van der Waals surface area contributed by atoms with Gasteiger partial charge in [0.2, 0.25) is 5.96 Å². The molecule has 0 amide bonds. The van der Waals surface area contributed by atoms with Crippen molar-refractivity contribution in [1.29, 1.82) is 0 Å². The highest BCUT2D eigenvalue weighted by molar-refractivity contribution is 9.10. The third-order valence-corrected chi connectivity index (χ3v) is 3.85. The highest BCUT2D eigenvalue weighted by Crippen LogP contribution is 2.26. The molecule has 1 aromatic rings. The molecule has 0 atom stereocenters. The fourth-order valence-electron chi connectivity index (χ4n) is 2.04. The quantitative estimate of drug-likeness (QED) is 0.337. The minimum absolute atomic E-state index is 0.370. The van der Waals surface area contributed by atoms with Crippen LogP contribution in [0.25, 0.3) is 0 Å². The van der Waals surface area contributed by atoms with E-state index in [1.54, 1.807) is 0 Å². The zero-order chi connectivity index (χ0) is 13.0. The van der Waals surface area contributed by atoms with E-state index in [0.717, 1.165) is 23.0 Å². The number of anilines is 1. The first-order valence-electron chi connectivity index (χ1n) is 5.95. The fourth-order valence-corrected chi connectivity index (χ4v) is 2.82. The van der Waals surface area contributed by atoms with E-state index in [9.17, 15) is 0 Å². The first-order chi connectivity index (χ1) is 8.69. The number of nitrogens with one attached hydrogen (secondary N) is 2. The molecule has 0 radical (unpaired) electrons. The summed E-state index contributed by atoms with van der Waals surface area (Å²) in [6.45, 7) is 0. The average Bonchev–Trinajstić information content (AvgIpc) is 2.84. The van der Waals surface area contributed by atoms with Gasteiger partial charge in [-0.05, 0) is 47.0 Å². The van der Waals surface area contributed by atoms with E-state index < -0.39 is 0 Å². The second kappa shape index (κ2) is 6.41. The lowest BCUT2D eigenvalue weighted by Gasteiger charge is -2.13. The van der Waals surface area contributed by atoms with Crippen LogP contribution < -0.4 is 16.6 Å². The van der Waals surface area contributed by atoms with Crippen molar-refractivity contribution >= 4 is 39.2 Å². The van der Waals surface area contributed by atoms with Gasteiger partial charge in [0.1, 0.15) is 0 Å². The fraction of sp³-hybridized carbons (Fsp3) is 0.417. The summed E-state index contributed by atoms with van der Waals surface area (Å²) in [5.41, 5.74) is 3.49. The summed E-state index contributed by atoms with van der Waals surface area (Å²) >= 11 is 9.34. The van der Waals surface area contributed by atoms with Crippen LogP contribution in [-0.4, -0.2) is 12.0 Å². The Hall–Kier alpha value is -0.780. The van der Waals surface area contributed by atoms with E-state index in [-0.39, 0.29) is 0 Å². The summed E-state index contributed by atoms with van der Waals surface area (Å²) in [6.07, 6.45) is 4.76. The molecule has 0 heterocycles. The summed E-state index contributed by atoms with van der Waals surface area (Å²) < 4.78 is 0.879. The number of rotatable bonds is 2. The largest absolute Gasteiger partial charge is 0.324 e. The van der Waals surface area contributed by atoms with Crippen molar-refractivity contribution in [3.05, 3.63) is 27.7 Å². The van der Waals surface area contributed by atoms with Crippen molar-refractivity contribution in [2.75, 3.05) is 5.32 Å². The lowest BCUT2D eigenvalue weighted by molar-refractivity contribution is 0.700. The van der Waals surface area contributed by atoms with Gasteiger partial charge < -0.3 is 5.32 Å². The normalized spacial score (nSPS) is 16.9. The Morgan fingerprint density at radius 3 is 2.72 bits per heavy atom. The van der Waals surface area contributed by atoms with Crippen molar-refractivity contribution in [2.24, 2.45) is 10.8 Å². The predicted octanol–water partition coefficient (Wildman–Crippen LogP) is 3.28. The third kappa shape index (κ3) is 3.60. The van der Waals surface area contributed by atoms with Crippen LogP contribution >= 0.6 is 27.5 Å². The van der Waals surface area contributed by atoms with E-state index in [1.165, 1.54) is 12.8 Å². The summed E-state index contributed by atoms with van der Waals surface area (Å²) in [5.74, 6) is 6.08. The van der Waals surface area contributed by atoms with Crippen molar-refractivity contribution in [3.63, 3.8) is 0 Å². The van der Waals surface area contributed by atoms with Crippen LogP contribution in [0.15, 0.2) is 27.7 Å². The number of nitrogens with two attached hydrogens (primary N) is 1. The van der Waals surface area contributed by atoms with Crippen molar-refractivity contribution < 1.29 is 0 Å². The SMILES string of the molecule is NNC(=NC1CCCC1)Nc1ccc(Cl)cc1Br. The smallest absolute Gasteiger partial charge is 0.210 e. The molecule has 1 fully saturated rings. The van der Waals surface area contributed by atoms with Crippen LogP contribution in [0.4, 0.5) is 5.69 Å². The Bertz CT molecular complexity index is 444. The number of hydrogen-bond donors (Lipinski definition) is 3. The minimum Gasteiger partial charge on any atom is -0.324 e. The molecule has 4 N–H and O–H groups in total. The Labute approximate surface area is 120 Å². The monoisotopic (exact) mass is 330 g/mol. The number of hydrogen-bond acceptors (Lipinski definition) is 2. The molecule has 1 aromatic carbocycles. The summed E-state index contributed by atoms with van der Waals surface area (Å²) in [5, 5.41) is 3.84. The van der Waals surface area contributed by atoms with Gasteiger partial charge in [0, 0.05) is 9.50 Å². The van der Waals surface area contributed by atoms with Gasteiger partial charge in [-0.15, -0.1) is 0 Å². The first-order valence-corrected chi connectivity index (χ1v) is 7.12. The number of halogens is 2. The minimum atomic E-state index is 0.370. The van der Waals surface area contributed by atoms with E-state index in [4.69, 9.17) is 17.4 Å². The van der Waals surface area contributed by atoms with Crippen LogP contribution in [0, 0.1) is 0 Å². The molecule has 4 nitrogen and oxygen atoms in total. The molecule has 1 saturated carbocycles. The molecule has 0 spiro atoms. The number of benzene rings is 1. The van der Waals surface area contributed by atoms with E-state index in [1.807, 2.05) is 18.2 Å². The van der Waals surface area contributed by atoms with Gasteiger partial charge in [-0.3, -0.25) is 5.43 Å². The molecular formula is C12H16BrClN4.